The van der Waals surface area contributed by atoms with E-state index in [1.165, 1.54) is 12.1 Å². The lowest BCUT2D eigenvalue weighted by Crippen LogP contribution is -2.19. The maximum Gasteiger partial charge on any atom is 0.106 e. The third-order valence-electron chi connectivity index (χ3n) is 2.89. The van der Waals surface area contributed by atoms with Gasteiger partial charge in [0.05, 0.1) is 0 Å². The van der Waals surface area contributed by atoms with Crippen molar-refractivity contribution in [3.63, 3.8) is 0 Å². The Bertz CT molecular complexity index is 302. The number of aromatic nitrogens is 2. The molecule has 0 bridgehead atoms. The molecular formula is C13H25N3. The zero-order valence-corrected chi connectivity index (χ0v) is 11.0. The Labute approximate surface area is 98.8 Å². The largest absolute Gasteiger partial charge is 0.346 e. The van der Waals surface area contributed by atoms with Crippen LogP contribution in [0.25, 0.3) is 0 Å². The predicted octanol–water partition coefficient (Wildman–Crippen LogP) is 2.70. The number of nitrogens with zero attached hydrogens (tertiary/aromatic N) is 1. The zero-order valence-electron chi connectivity index (χ0n) is 11.0. The molecule has 1 heterocycles. The minimum Gasteiger partial charge on any atom is -0.346 e. The first kappa shape index (κ1) is 13.2. The molecule has 16 heavy (non-hydrogen) atoms. The van der Waals surface area contributed by atoms with Crippen LogP contribution < -0.4 is 5.73 Å². The molecule has 0 spiro atoms. The van der Waals surface area contributed by atoms with Crippen molar-refractivity contribution in [2.75, 3.05) is 6.54 Å². The van der Waals surface area contributed by atoms with Gasteiger partial charge in [0.1, 0.15) is 5.82 Å². The molecule has 3 heteroatoms. The molecule has 0 aliphatic heterocycles. The van der Waals surface area contributed by atoms with E-state index >= 15 is 0 Å². The summed E-state index contributed by atoms with van der Waals surface area (Å²) < 4.78 is 0. The van der Waals surface area contributed by atoms with Gasteiger partial charge < -0.3 is 10.7 Å². The fourth-order valence-corrected chi connectivity index (χ4v) is 1.98. The van der Waals surface area contributed by atoms with Gasteiger partial charge in [-0.15, -0.1) is 0 Å². The van der Waals surface area contributed by atoms with E-state index in [1.54, 1.807) is 0 Å². The van der Waals surface area contributed by atoms with Crippen LogP contribution in [0.1, 0.15) is 51.6 Å². The maximum absolute atomic E-state index is 5.79. The van der Waals surface area contributed by atoms with Gasteiger partial charge >= 0.3 is 0 Å². The quantitative estimate of drug-likeness (QED) is 0.779. The van der Waals surface area contributed by atoms with Gasteiger partial charge in [-0.2, -0.15) is 0 Å². The van der Waals surface area contributed by atoms with Gasteiger partial charge in [-0.3, -0.25) is 0 Å². The summed E-state index contributed by atoms with van der Waals surface area (Å²) in [6, 6.07) is 0. The van der Waals surface area contributed by atoms with E-state index in [4.69, 9.17) is 5.73 Å². The Morgan fingerprint density at radius 1 is 1.31 bits per heavy atom. The Kier molecular flexibility index (Phi) is 5.00. The van der Waals surface area contributed by atoms with Crippen molar-refractivity contribution in [2.24, 2.45) is 17.6 Å². The van der Waals surface area contributed by atoms with Crippen molar-refractivity contribution < 1.29 is 0 Å². The molecule has 0 fully saturated rings. The molecule has 0 radical (unpaired) electrons. The summed E-state index contributed by atoms with van der Waals surface area (Å²) in [6.07, 6.45) is 4.10. The standard InChI is InChI=1S/C13H25N3/c1-9(2)5-11(7-14)6-13-15-8-12(16-13)10(3)4/h8-11H,5-7,14H2,1-4H3,(H,15,16). The van der Waals surface area contributed by atoms with Gasteiger partial charge in [-0.25, -0.2) is 4.98 Å². The Hall–Kier alpha value is -0.830. The normalized spacial score (nSPS) is 13.7. The van der Waals surface area contributed by atoms with Gasteiger partial charge in [-0.05, 0) is 30.7 Å². The molecule has 0 aliphatic rings. The molecule has 1 rings (SSSR count). The average Bonchev–Trinajstić information content (AvgIpc) is 2.64. The first-order chi connectivity index (χ1) is 7.52. The Morgan fingerprint density at radius 3 is 2.44 bits per heavy atom. The number of imidazole rings is 1. The second kappa shape index (κ2) is 6.04. The number of H-pyrrole nitrogens is 1. The molecule has 0 saturated heterocycles. The van der Waals surface area contributed by atoms with Crippen LogP contribution in [0.5, 0.6) is 0 Å². The first-order valence-corrected chi connectivity index (χ1v) is 6.26. The predicted molar refractivity (Wildman–Crippen MR) is 68.4 cm³/mol. The molecular weight excluding hydrogens is 198 g/mol. The van der Waals surface area contributed by atoms with Crippen molar-refractivity contribution in [3.8, 4) is 0 Å². The molecule has 3 N–H and O–H groups in total. The minimum atomic E-state index is 0.516. The van der Waals surface area contributed by atoms with Crippen LogP contribution in [0.2, 0.25) is 0 Å². The monoisotopic (exact) mass is 223 g/mol. The highest BCUT2D eigenvalue weighted by atomic mass is 14.9. The van der Waals surface area contributed by atoms with Crippen LogP contribution in [0.15, 0.2) is 6.20 Å². The van der Waals surface area contributed by atoms with Crippen LogP contribution >= 0.6 is 0 Å². The van der Waals surface area contributed by atoms with E-state index in [2.05, 4.69) is 37.7 Å². The SMILES string of the molecule is CC(C)CC(CN)Cc1ncc(C(C)C)[nH]1. The van der Waals surface area contributed by atoms with Gasteiger partial charge in [0.2, 0.25) is 0 Å². The topological polar surface area (TPSA) is 54.7 Å². The molecule has 0 aromatic carbocycles. The summed E-state index contributed by atoms with van der Waals surface area (Å²) in [7, 11) is 0. The molecule has 1 aromatic rings. The lowest BCUT2D eigenvalue weighted by Gasteiger charge is -2.15. The molecule has 1 aromatic heterocycles. The number of hydrogen-bond donors (Lipinski definition) is 2. The van der Waals surface area contributed by atoms with Crippen molar-refractivity contribution in [2.45, 2.75) is 46.5 Å². The third-order valence-corrected chi connectivity index (χ3v) is 2.89. The number of nitrogens with two attached hydrogens (primary N) is 1. The third kappa shape index (κ3) is 3.97. The Morgan fingerprint density at radius 2 is 2.00 bits per heavy atom. The average molecular weight is 223 g/mol. The van der Waals surface area contributed by atoms with E-state index in [0.29, 0.717) is 17.8 Å². The lowest BCUT2D eigenvalue weighted by atomic mass is 9.94. The zero-order chi connectivity index (χ0) is 12.1. The van der Waals surface area contributed by atoms with Gasteiger partial charge in [-0.1, -0.05) is 27.7 Å². The van der Waals surface area contributed by atoms with Crippen LogP contribution in [0.4, 0.5) is 0 Å². The molecule has 1 unspecified atom stereocenters. The van der Waals surface area contributed by atoms with Crippen LogP contribution in [0.3, 0.4) is 0 Å². The second-order valence-electron chi connectivity index (χ2n) is 5.38. The fourth-order valence-electron chi connectivity index (χ4n) is 1.98. The van der Waals surface area contributed by atoms with Crippen molar-refractivity contribution in [1.82, 2.24) is 9.97 Å². The molecule has 0 saturated carbocycles. The van der Waals surface area contributed by atoms with E-state index in [1.807, 2.05) is 6.20 Å². The molecule has 0 aliphatic carbocycles. The number of nitrogens with one attached hydrogen (secondary N) is 1. The van der Waals surface area contributed by atoms with Crippen LogP contribution in [-0.2, 0) is 6.42 Å². The number of rotatable bonds is 6. The second-order valence-corrected chi connectivity index (χ2v) is 5.38. The smallest absolute Gasteiger partial charge is 0.106 e. The number of aromatic amines is 1. The van der Waals surface area contributed by atoms with Crippen LogP contribution in [-0.4, -0.2) is 16.5 Å². The molecule has 0 amide bonds. The summed E-state index contributed by atoms with van der Waals surface area (Å²) >= 11 is 0. The lowest BCUT2D eigenvalue weighted by molar-refractivity contribution is 0.409. The molecule has 3 nitrogen and oxygen atoms in total. The van der Waals surface area contributed by atoms with E-state index in [0.717, 1.165) is 18.8 Å². The van der Waals surface area contributed by atoms with Crippen LogP contribution in [0, 0.1) is 11.8 Å². The minimum absolute atomic E-state index is 0.516. The maximum atomic E-state index is 5.79. The van der Waals surface area contributed by atoms with E-state index < -0.39 is 0 Å². The first-order valence-electron chi connectivity index (χ1n) is 6.26. The summed E-state index contributed by atoms with van der Waals surface area (Å²) in [6.45, 7) is 9.57. The van der Waals surface area contributed by atoms with Crippen molar-refractivity contribution >= 4 is 0 Å². The highest BCUT2D eigenvalue weighted by Gasteiger charge is 2.12. The van der Waals surface area contributed by atoms with E-state index in [-0.39, 0.29) is 0 Å². The van der Waals surface area contributed by atoms with Crippen molar-refractivity contribution in [1.29, 1.82) is 0 Å². The van der Waals surface area contributed by atoms with Gasteiger partial charge in [0.25, 0.3) is 0 Å². The highest BCUT2D eigenvalue weighted by Crippen LogP contribution is 2.17. The number of hydrogen-bond acceptors (Lipinski definition) is 2. The van der Waals surface area contributed by atoms with E-state index in [9.17, 15) is 0 Å². The highest BCUT2D eigenvalue weighted by molar-refractivity contribution is 5.06. The summed E-state index contributed by atoms with van der Waals surface area (Å²) in [5.41, 5.74) is 7.01. The summed E-state index contributed by atoms with van der Waals surface area (Å²) in [5.74, 6) is 2.85. The molecule has 92 valence electrons. The summed E-state index contributed by atoms with van der Waals surface area (Å²) in [5, 5.41) is 0. The van der Waals surface area contributed by atoms with Crippen molar-refractivity contribution in [3.05, 3.63) is 17.7 Å². The van der Waals surface area contributed by atoms with Gasteiger partial charge in [0.15, 0.2) is 0 Å². The summed E-state index contributed by atoms with van der Waals surface area (Å²) in [4.78, 5) is 7.81. The van der Waals surface area contributed by atoms with Gasteiger partial charge in [0, 0.05) is 18.3 Å². The molecule has 1 atom stereocenters. The Balaban J connectivity index is 2.56. The fraction of sp³-hybridized carbons (Fsp3) is 0.769.